The number of esters is 1. The fourth-order valence-corrected chi connectivity index (χ4v) is 7.95. The van der Waals surface area contributed by atoms with E-state index < -0.39 is 52.7 Å². The molecule has 4 atom stereocenters. The van der Waals surface area contributed by atoms with E-state index >= 15 is 0 Å². The molecule has 1 aliphatic carbocycles. The minimum Gasteiger partial charge on any atom is -0.507 e. The highest BCUT2D eigenvalue weighted by molar-refractivity contribution is 6.10. The van der Waals surface area contributed by atoms with Gasteiger partial charge in [0, 0.05) is 17.2 Å². The highest BCUT2D eigenvalue weighted by Gasteiger charge is 2.63. The van der Waals surface area contributed by atoms with E-state index in [0.717, 1.165) is 33.0 Å². The smallest absolute Gasteiger partial charge is 0.407 e. The van der Waals surface area contributed by atoms with Gasteiger partial charge in [0.15, 0.2) is 0 Å². The molecule has 4 aromatic rings. The molecular formula is C40H46N3O7. The van der Waals surface area contributed by atoms with Crippen molar-refractivity contribution in [1.82, 2.24) is 15.7 Å². The molecule has 10 heteroatoms. The summed E-state index contributed by atoms with van der Waals surface area (Å²) >= 11 is 0. The van der Waals surface area contributed by atoms with Gasteiger partial charge in [-0.25, -0.2) is 4.79 Å². The van der Waals surface area contributed by atoms with Crippen LogP contribution in [0.15, 0.2) is 72.8 Å². The molecule has 263 valence electrons. The van der Waals surface area contributed by atoms with Crippen LogP contribution < -0.4 is 15.4 Å². The monoisotopic (exact) mass is 680 g/mol. The third kappa shape index (κ3) is 6.38. The molecule has 1 saturated carbocycles. The zero-order chi connectivity index (χ0) is 36.2. The van der Waals surface area contributed by atoms with Crippen LogP contribution in [0, 0.1) is 11.8 Å². The number of benzene rings is 4. The van der Waals surface area contributed by atoms with E-state index in [0.29, 0.717) is 24.0 Å². The summed E-state index contributed by atoms with van der Waals surface area (Å²) in [4.78, 5) is 41.1. The van der Waals surface area contributed by atoms with Crippen molar-refractivity contribution in [1.29, 1.82) is 0 Å². The van der Waals surface area contributed by atoms with Gasteiger partial charge in [-0.3, -0.25) is 9.59 Å². The second kappa shape index (κ2) is 12.9. The first-order valence-electron chi connectivity index (χ1n) is 17.2. The fourth-order valence-electron chi connectivity index (χ4n) is 7.95. The third-order valence-corrected chi connectivity index (χ3v) is 10.3. The van der Waals surface area contributed by atoms with Crippen molar-refractivity contribution in [3.05, 3.63) is 72.8 Å². The van der Waals surface area contributed by atoms with Crippen molar-refractivity contribution >= 4 is 39.5 Å². The molecule has 0 spiro atoms. The van der Waals surface area contributed by atoms with Crippen molar-refractivity contribution in [2.45, 2.75) is 96.5 Å². The summed E-state index contributed by atoms with van der Waals surface area (Å²) in [6.45, 7) is 12.1. The van der Waals surface area contributed by atoms with Crippen LogP contribution in [0.1, 0.15) is 67.7 Å². The normalized spacial score (nSPS) is 23.1. The number of phenolic OH excluding ortho intramolecular Hbond substituents is 1. The van der Waals surface area contributed by atoms with E-state index in [2.05, 4.69) is 10.6 Å². The predicted octanol–water partition coefficient (Wildman–Crippen LogP) is 7.28. The summed E-state index contributed by atoms with van der Waals surface area (Å²) in [7, 11) is 0. The molecule has 1 heterocycles. The van der Waals surface area contributed by atoms with Gasteiger partial charge < -0.3 is 25.2 Å². The lowest BCUT2D eigenvalue weighted by Gasteiger charge is -2.34. The van der Waals surface area contributed by atoms with Gasteiger partial charge in [0.05, 0.1) is 29.0 Å². The maximum absolute atomic E-state index is 14.5. The van der Waals surface area contributed by atoms with Crippen molar-refractivity contribution < 1.29 is 34.2 Å². The van der Waals surface area contributed by atoms with Crippen LogP contribution >= 0.6 is 0 Å². The number of ether oxygens (including phenoxy) is 2. The van der Waals surface area contributed by atoms with Gasteiger partial charge in [0.1, 0.15) is 17.1 Å². The Hall–Kier alpha value is -4.67. The van der Waals surface area contributed by atoms with Crippen LogP contribution in [-0.2, 0) is 19.5 Å². The number of hydrogen-bond donors (Lipinski definition) is 3. The summed E-state index contributed by atoms with van der Waals surface area (Å²) < 4.78 is 11.7. The number of hydrogen-bond acceptors (Lipinski definition) is 7. The number of phenols is 1. The summed E-state index contributed by atoms with van der Waals surface area (Å²) in [5.74, 6) is -2.42. The lowest BCUT2D eigenvalue weighted by molar-refractivity contribution is -0.249. The van der Waals surface area contributed by atoms with Crippen LogP contribution in [0.2, 0.25) is 0 Å². The van der Waals surface area contributed by atoms with E-state index in [1.165, 1.54) is 0 Å². The number of aromatic hydroxyl groups is 1. The molecule has 1 aliphatic heterocycles. The van der Waals surface area contributed by atoms with Gasteiger partial charge in [0.2, 0.25) is 5.91 Å². The lowest BCUT2D eigenvalue weighted by atomic mass is 9.82. The minimum atomic E-state index is -1.26. The van der Waals surface area contributed by atoms with E-state index in [4.69, 9.17) is 9.47 Å². The van der Waals surface area contributed by atoms with E-state index in [1.54, 1.807) is 60.6 Å². The largest absolute Gasteiger partial charge is 0.507 e. The molecule has 6 rings (SSSR count). The first-order valence-corrected chi connectivity index (χ1v) is 17.2. The van der Waals surface area contributed by atoms with Gasteiger partial charge >= 0.3 is 12.1 Å². The molecule has 1 radical (unpaired) electrons. The molecule has 0 unspecified atom stereocenters. The average molecular weight is 681 g/mol. The SMILES string of the molecule is CC(C)(C)OC(=O)N[C@H]1CCC[C@@H]1C(=O)N[C@@H]1[C@@H](C(=O)Oc2ccc3ccccc3c2-c2c(O)ccc3ccccc23)C(C)(C)N([O])C1(C)C. The molecule has 1 saturated heterocycles. The Balaban J connectivity index is 1.35. The number of amides is 2. The molecule has 0 aromatic heterocycles. The minimum absolute atomic E-state index is 0.0293. The number of hydroxylamine groups is 2. The van der Waals surface area contributed by atoms with Gasteiger partial charge in [-0.1, -0.05) is 67.1 Å². The van der Waals surface area contributed by atoms with Crippen LogP contribution in [0.25, 0.3) is 32.7 Å². The van der Waals surface area contributed by atoms with Crippen LogP contribution in [0.4, 0.5) is 4.79 Å². The maximum atomic E-state index is 14.5. The third-order valence-electron chi connectivity index (χ3n) is 10.3. The number of nitrogens with zero attached hydrogens (tertiary/aromatic N) is 1. The molecule has 10 nitrogen and oxygen atoms in total. The van der Waals surface area contributed by atoms with Gasteiger partial charge in [-0.15, -0.1) is 10.3 Å². The zero-order valence-electron chi connectivity index (χ0n) is 29.7. The highest BCUT2D eigenvalue weighted by atomic mass is 16.6. The first-order chi connectivity index (χ1) is 23.5. The Bertz CT molecular complexity index is 1960. The number of alkyl carbamates (subject to hydrolysis) is 1. The van der Waals surface area contributed by atoms with Crippen LogP contribution in [-0.4, -0.2) is 56.9 Å². The topological polar surface area (TPSA) is 137 Å². The van der Waals surface area contributed by atoms with Crippen LogP contribution in [0.3, 0.4) is 0 Å². The van der Waals surface area contributed by atoms with Gasteiger partial charge in [-0.05, 0) is 95.0 Å². The van der Waals surface area contributed by atoms with Crippen LogP contribution in [0.5, 0.6) is 11.5 Å². The predicted molar refractivity (Wildman–Crippen MR) is 191 cm³/mol. The molecule has 50 heavy (non-hydrogen) atoms. The van der Waals surface area contributed by atoms with Crippen molar-refractivity contribution in [3.8, 4) is 22.6 Å². The molecular weight excluding hydrogens is 634 g/mol. The lowest BCUT2D eigenvalue weighted by Crippen LogP contribution is -2.56. The Kier molecular flexibility index (Phi) is 9.07. The Labute approximate surface area is 292 Å². The number of carbonyl (C=O) groups excluding carboxylic acids is 3. The summed E-state index contributed by atoms with van der Waals surface area (Å²) in [5, 5.41) is 35.3. The molecule has 2 aliphatic rings. The second-order valence-electron chi connectivity index (χ2n) is 15.6. The van der Waals surface area contributed by atoms with E-state index in [1.807, 2.05) is 60.7 Å². The van der Waals surface area contributed by atoms with E-state index in [9.17, 15) is 24.7 Å². The van der Waals surface area contributed by atoms with Crippen molar-refractivity contribution in [2.24, 2.45) is 11.8 Å². The standard InChI is InChI=1S/C40H46N3O7/c1-38(2,3)50-37(47)41-28-18-12-17-27(28)35(45)42-34-33(39(4,5)43(48)40(34,6)7)36(46)49-30-22-20-24-14-9-11-16-26(24)32(30)31-25-15-10-8-13-23(25)19-21-29(31)44/h8-11,13-16,19-22,27-28,33-34,44H,12,17-18H2,1-7H3,(H,41,47)(H,42,45)/t27-,28-,33-,34+/m0/s1. The summed E-state index contributed by atoms with van der Waals surface area (Å²) in [6, 6.07) is 21.0. The fraction of sp³-hybridized carbons (Fsp3) is 0.425. The first kappa shape index (κ1) is 35.2. The maximum Gasteiger partial charge on any atom is 0.407 e. The Morgan fingerprint density at radius 3 is 2.04 bits per heavy atom. The van der Waals surface area contributed by atoms with Gasteiger partial charge in [0.25, 0.3) is 0 Å². The summed E-state index contributed by atoms with van der Waals surface area (Å²) in [5.41, 5.74) is -2.07. The number of carbonyl (C=O) groups is 3. The quantitative estimate of drug-likeness (QED) is 0.144. The summed E-state index contributed by atoms with van der Waals surface area (Å²) in [6.07, 6.45) is 1.26. The molecule has 0 bridgehead atoms. The van der Waals surface area contributed by atoms with Crippen molar-refractivity contribution in [2.75, 3.05) is 0 Å². The Morgan fingerprint density at radius 2 is 1.40 bits per heavy atom. The molecule has 4 aromatic carbocycles. The molecule has 2 fully saturated rings. The van der Waals surface area contributed by atoms with Gasteiger partial charge in [-0.2, -0.15) is 0 Å². The zero-order valence-corrected chi connectivity index (χ0v) is 29.7. The molecule has 2 amide bonds. The second-order valence-corrected chi connectivity index (χ2v) is 15.6. The molecule has 3 N–H and O–H groups in total. The van der Waals surface area contributed by atoms with E-state index in [-0.39, 0.29) is 17.4 Å². The van der Waals surface area contributed by atoms with Crippen molar-refractivity contribution in [3.63, 3.8) is 0 Å². The average Bonchev–Trinajstić information content (AvgIpc) is 3.55. The number of rotatable bonds is 6. The number of nitrogens with one attached hydrogen (secondary N) is 2. The highest BCUT2D eigenvalue weighted by Crippen LogP contribution is 2.48. The Morgan fingerprint density at radius 1 is 0.800 bits per heavy atom. The number of fused-ring (bicyclic) bond motifs is 2.